The van der Waals surface area contributed by atoms with E-state index in [9.17, 15) is 0 Å². The molecule has 2 N–H and O–H groups in total. The Morgan fingerprint density at radius 2 is 1.86 bits per heavy atom. The number of aromatic amines is 1. The van der Waals surface area contributed by atoms with E-state index in [-0.39, 0.29) is 5.41 Å². The summed E-state index contributed by atoms with van der Waals surface area (Å²) in [6.07, 6.45) is 3.55. The summed E-state index contributed by atoms with van der Waals surface area (Å²) in [5.74, 6) is 0.938. The van der Waals surface area contributed by atoms with Crippen LogP contribution in [0, 0.1) is 0 Å². The van der Waals surface area contributed by atoms with E-state index in [4.69, 9.17) is 0 Å². The zero-order chi connectivity index (χ0) is 14.9. The maximum Gasteiger partial charge on any atom is 0.126 e. The minimum absolute atomic E-state index is 0.141. The number of fused-ring (bicyclic) bond motifs is 1. The van der Waals surface area contributed by atoms with Crippen molar-refractivity contribution in [2.24, 2.45) is 0 Å². The molecule has 4 nitrogen and oxygen atoms in total. The standard InChI is InChI=1S/C17H20N4/c1-17(2,3)12-4-5-14-15(10-12)21-16(20-14)11-19-13-6-8-18-9-7-13/h4-10H,11H2,1-3H3,(H,18,19)(H,20,21). The molecule has 0 aliphatic heterocycles. The van der Waals surface area contributed by atoms with Crippen molar-refractivity contribution in [2.45, 2.75) is 32.7 Å². The van der Waals surface area contributed by atoms with Crippen LogP contribution in [0.3, 0.4) is 0 Å². The molecule has 0 aliphatic carbocycles. The summed E-state index contributed by atoms with van der Waals surface area (Å²) >= 11 is 0. The van der Waals surface area contributed by atoms with Crippen molar-refractivity contribution in [3.8, 4) is 0 Å². The molecule has 0 bridgehead atoms. The number of pyridine rings is 1. The highest BCUT2D eigenvalue weighted by molar-refractivity contribution is 5.76. The molecule has 0 unspecified atom stereocenters. The second kappa shape index (κ2) is 5.20. The number of rotatable bonds is 3. The van der Waals surface area contributed by atoms with Crippen molar-refractivity contribution in [2.75, 3.05) is 5.32 Å². The summed E-state index contributed by atoms with van der Waals surface area (Å²) < 4.78 is 0. The lowest BCUT2D eigenvalue weighted by Crippen LogP contribution is -2.10. The van der Waals surface area contributed by atoms with Gasteiger partial charge in [0.05, 0.1) is 17.6 Å². The summed E-state index contributed by atoms with van der Waals surface area (Å²) in [5.41, 5.74) is 4.59. The molecule has 0 radical (unpaired) electrons. The van der Waals surface area contributed by atoms with Crippen LogP contribution in [0.25, 0.3) is 11.0 Å². The van der Waals surface area contributed by atoms with E-state index in [1.807, 2.05) is 12.1 Å². The van der Waals surface area contributed by atoms with Crippen molar-refractivity contribution in [1.29, 1.82) is 0 Å². The van der Waals surface area contributed by atoms with Gasteiger partial charge in [-0.05, 0) is 35.2 Å². The third-order valence-electron chi connectivity index (χ3n) is 3.54. The number of hydrogen-bond donors (Lipinski definition) is 2. The van der Waals surface area contributed by atoms with Crippen LogP contribution in [0.1, 0.15) is 32.2 Å². The van der Waals surface area contributed by atoms with Gasteiger partial charge in [-0.1, -0.05) is 26.8 Å². The van der Waals surface area contributed by atoms with Gasteiger partial charge < -0.3 is 10.3 Å². The molecule has 0 saturated carbocycles. The fourth-order valence-electron chi connectivity index (χ4n) is 2.26. The minimum Gasteiger partial charge on any atom is -0.378 e. The van der Waals surface area contributed by atoms with E-state index in [1.165, 1.54) is 5.56 Å². The van der Waals surface area contributed by atoms with Crippen molar-refractivity contribution in [1.82, 2.24) is 15.0 Å². The molecule has 2 aromatic heterocycles. The molecule has 0 amide bonds. The normalized spacial score (nSPS) is 11.8. The molecule has 0 saturated heterocycles. The molecule has 0 aliphatic rings. The number of aromatic nitrogens is 3. The Labute approximate surface area is 124 Å². The monoisotopic (exact) mass is 280 g/mol. The van der Waals surface area contributed by atoms with Crippen molar-refractivity contribution in [3.05, 3.63) is 54.1 Å². The molecular weight excluding hydrogens is 260 g/mol. The zero-order valence-electron chi connectivity index (χ0n) is 12.6. The molecule has 0 fully saturated rings. The molecule has 108 valence electrons. The average molecular weight is 280 g/mol. The van der Waals surface area contributed by atoms with E-state index in [1.54, 1.807) is 12.4 Å². The van der Waals surface area contributed by atoms with Gasteiger partial charge >= 0.3 is 0 Å². The zero-order valence-corrected chi connectivity index (χ0v) is 12.6. The molecule has 2 heterocycles. The third-order valence-corrected chi connectivity index (χ3v) is 3.54. The molecule has 3 rings (SSSR count). The number of anilines is 1. The highest BCUT2D eigenvalue weighted by Gasteiger charge is 2.14. The highest BCUT2D eigenvalue weighted by atomic mass is 15.0. The van der Waals surface area contributed by atoms with Crippen molar-refractivity contribution in [3.63, 3.8) is 0 Å². The van der Waals surface area contributed by atoms with Gasteiger partial charge in [0.2, 0.25) is 0 Å². The maximum absolute atomic E-state index is 4.67. The Kier molecular flexibility index (Phi) is 3.37. The SMILES string of the molecule is CC(C)(C)c1ccc2[nH]c(CNc3ccncc3)nc2c1. The Morgan fingerprint density at radius 3 is 2.57 bits per heavy atom. The number of nitrogens with zero attached hydrogens (tertiary/aromatic N) is 2. The smallest absolute Gasteiger partial charge is 0.126 e. The number of imidazole rings is 1. The van der Waals surface area contributed by atoms with Crippen LogP contribution < -0.4 is 5.32 Å². The summed E-state index contributed by atoms with van der Waals surface area (Å²) in [6, 6.07) is 10.3. The van der Waals surface area contributed by atoms with Crippen LogP contribution in [0.4, 0.5) is 5.69 Å². The van der Waals surface area contributed by atoms with Crippen LogP contribution in [-0.2, 0) is 12.0 Å². The molecule has 0 spiro atoms. The van der Waals surface area contributed by atoms with E-state index < -0.39 is 0 Å². The van der Waals surface area contributed by atoms with Crippen LogP contribution in [0.15, 0.2) is 42.7 Å². The highest BCUT2D eigenvalue weighted by Crippen LogP contribution is 2.25. The minimum atomic E-state index is 0.141. The number of H-pyrrole nitrogens is 1. The molecular formula is C17H20N4. The predicted molar refractivity (Wildman–Crippen MR) is 86.4 cm³/mol. The van der Waals surface area contributed by atoms with Gasteiger partial charge in [-0.25, -0.2) is 4.98 Å². The molecule has 0 atom stereocenters. The summed E-state index contributed by atoms with van der Waals surface area (Å²) in [5, 5.41) is 3.33. The van der Waals surface area contributed by atoms with Gasteiger partial charge in [0.1, 0.15) is 5.82 Å². The van der Waals surface area contributed by atoms with Crippen molar-refractivity contribution < 1.29 is 0 Å². The largest absolute Gasteiger partial charge is 0.378 e. The van der Waals surface area contributed by atoms with Crippen LogP contribution in [0.2, 0.25) is 0 Å². The fourth-order valence-corrected chi connectivity index (χ4v) is 2.26. The Hall–Kier alpha value is -2.36. The van der Waals surface area contributed by atoms with Crippen LogP contribution >= 0.6 is 0 Å². The third kappa shape index (κ3) is 3.05. The molecule has 21 heavy (non-hydrogen) atoms. The summed E-state index contributed by atoms with van der Waals surface area (Å²) in [4.78, 5) is 12.0. The van der Waals surface area contributed by atoms with Gasteiger partial charge in [0.25, 0.3) is 0 Å². The first-order valence-electron chi connectivity index (χ1n) is 7.15. The van der Waals surface area contributed by atoms with E-state index in [0.717, 1.165) is 22.5 Å². The Bertz CT molecular complexity index is 738. The Morgan fingerprint density at radius 1 is 1.10 bits per heavy atom. The first kappa shape index (κ1) is 13.6. The summed E-state index contributed by atoms with van der Waals surface area (Å²) in [7, 11) is 0. The van der Waals surface area contributed by atoms with Gasteiger partial charge in [0, 0.05) is 18.1 Å². The molecule has 4 heteroatoms. The van der Waals surface area contributed by atoms with Gasteiger partial charge in [-0.3, -0.25) is 4.98 Å². The van der Waals surface area contributed by atoms with Gasteiger partial charge in [-0.15, -0.1) is 0 Å². The van der Waals surface area contributed by atoms with E-state index >= 15 is 0 Å². The van der Waals surface area contributed by atoms with Crippen LogP contribution in [0.5, 0.6) is 0 Å². The Balaban J connectivity index is 1.81. The number of hydrogen-bond acceptors (Lipinski definition) is 3. The average Bonchev–Trinajstić information content (AvgIpc) is 2.87. The van der Waals surface area contributed by atoms with Gasteiger partial charge in [0.15, 0.2) is 0 Å². The molecule has 1 aromatic carbocycles. The quantitative estimate of drug-likeness (QED) is 0.765. The van der Waals surface area contributed by atoms with Crippen molar-refractivity contribution >= 4 is 16.7 Å². The van der Waals surface area contributed by atoms with E-state index in [0.29, 0.717) is 6.54 Å². The predicted octanol–water partition coefficient (Wildman–Crippen LogP) is 3.87. The first-order chi connectivity index (χ1) is 10.0. The second-order valence-corrected chi connectivity index (χ2v) is 6.25. The lowest BCUT2D eigenvalue weighted by atomic mass is 9.87. The summed E-state index contributed by atoms with van der Waals surface area (Å²) in [6.45, 7) is 7.32. The topological polar surface area (TPSA) is 53.6 Å². The lowest BCUT2D eigenvalue weighted by molar-refractivity contribution is 0.591. The lowest BCUT2D eigenvalue weighted by Gasteiger charge is -2.18. The fraction of sp³-hybridized carbons (Fsp3) is 0.294. The van der Waals surface area contributed by atoms with Crippen LogP contribution in [-0.4, -0.2) is 15.0 Å². The number of benzene rings is 1. The second-order valence-electron chi connectivity index (χ2n) is 6.25. The van der Waals surface area contributed by atoms with Gasteiger partial charge in [-0.2, -0.15) is 0 Å². The molecule has 3 aromatic rings. The first-order valence-corrected chi connectivity index (χ1v) is 7.15. The van der Waals surface area contributed by atoms with E-state index in [2.05, 4.69) is 59.2 Å². The number of nitrogens with one attached hydrogen (secondary N) is 2. The maximum atomic E-state index is 4.67.